The molecule has 5 fully saturated rings. The Hall–Kier alpha value is -1.03. The number of aliphatic hydroxyl groups excluding tert-OH is 6. The van der Waals surface area contributed by atoms with Gasteiger partial charge in [0.25, 0.3) is 0 Å². The van der Waals surface area contributed by atoms with Crippen molar-refractivity contribution in [1.82, 2.24) is 0 Å². The Morgan fingerprint density at radius 3 is 2.18 bits per heavy atom. The normalized spacial score (nSPS) is 62.5. The molecule has 8 nitrogen and oxygen atoms in total. The van der Waals surface area contributed by atoms with Crippen LogP contribution in [0.1, 0.15) is 72.6 Å². The van der Waals surface area contributed by atoms with Crippen LogP contribution in [0.25, 0.3) is 0 Å². The predicted octanol–water partition coefficient (Wildman–Crippen LogP) is 1.70. The van der Waals surface area contributed by atoms with Gasteiger partial charge in [0, 0.05) is 17.4 Å². The lowest BCUT2D eigenvalue weighted by Gasteiger charge is -2.69. The molecule has 7 N–H and O–H groups in total. The molecule has 0 saturated heterocycles. The first-order chi connectivity index (χ1) is 17.6. The van der Waals surface area contributed by atoms with E-state index in [0.717, 1.165) is 12.8 Å². The van der Waals surface area contributed by atoms with Gasteiger partial charge in [-0.1, -0.05) is 39.8 Å². The molecule has 8 heteroatoms. The molecule has 0 radical (unpaired) electrons. The monoisotopic (exact) mass is 534 g/mol. The Balaban J connectivity index is 1.49. The van der Waals surface area contributed by atoms with Crippen LogP contribution in [0, 0.1) is 55.7 Å². The summed E-state index contributed by atoms with van der Waals surface area (Å²) in [4.78, 5) is 12.9. The smallest absolute Gasteiger partial charge is 0.312 e. The third-order valence-corrected chi connectivity index (χ3v) is 14.2. The topological polar surface area (TPSA) is 159 Å². The third kappa shape index (κ3) is 2.63. The maximum Gasteiger partial charge on any atom is 0.312 e. The van der Waals surface area contributed by atoms with Gasteiger partial charge in [0.05, 0.1) is 30.3 Å². The van der Waals surface area contributed by atoms with E-state index in [2.05, 4.69) is 19.1 Å². The van der Waals surface area contributed by atoms with Crippen molar-refractivity contribution in [3.05, 3.63) is 12.2 Å². The summed E-state index contributed by atoms with van der Waals surface area (Å²) in [6.07, 6.45) is 3.68. The van der Waals surface area contributed by atoms with E-state index < -0.39 is 57.5 Å². The second-order valence-corrected chi connectivity index (χ2v) is 15.3. The molecular formula is C30H46O8. The van der Waals surface area contributed by atoms with Gasteiger partial charge in [0.15, 0.2) is 0 Å². The second-order valence-electron chi connectivity index (χ2n) is 15.3. The number of aliphatic carboxylic acids is 1. The van der Waals surface area contributed by atoms with Crippen molar-refractivity contribution in [2.24, 2.45) is 55.7 Å². The quantitative estimate of drug-likeness (QED) is 0.270. The summed E-state index contributed by atoms with van der Waals surface area (Å²) in [6, 6.07) is 0. The molecule has 5 saturated carbocycles. The summed E-state index contributed by atoms with van der Waals surface area (Å²) < 4.78 is 0. The van der Waals surface area contributed by atoms with Crippen molar-refractivity contribution < 1.29 is 40.5 Å². The van der Waals surface area contributed by atoms with Crippen molar-refractivity contribution in [2.75, 3.05) is 13.2 Å². The zero-order valence-electron chi connectivity index (χ0n) is 23.1. The Morgan fingerprint density at radius 1 is 0.895 bits per heavy atom. The van der Waals surface area contributed by atoms with Crippen LogP contribution in [0.5, 0.6) is 0 Å². The first kappa shape index (κ1) is 27.2. The van der Waals surface area contributed by atoms with Crippen LogP contribution in [0.3, 0.4) is 0 Å². The first-order valence-corrected chi connectivity index (χ1v) is 14.5. The first-order valence-electron chi connectivity index (χ1n) is 14.5. The van der Waals surface area contributed by atoms with Gasteiger partial charge in [-0.3, -0.25) is 4.79 Å². The van der Waals surface area contributed by atoms with E-state index in [1.807, 2.05) is 20.8 Å². The van der Waals surface area contributed by atoms with Crippen molar-refractivity contribution in [3.63, 3.8) is 0 Å². The van der Waals surface area contributed by atoms with Crippen LogP contribution >= 0.6 is 0 Å². The number of hydrogen-bond donors (Lipinski definition) is 7. The zero-order valence-corrected chi connectivity index (χ0v) is 23.1. The van der Waals surface area contributed by atoms with E-state index in [-0.39, 0.29) is 48.2 Å². The lowest BCUT2D eigenvalue weighted by Crippen LogP contribution is -2.72. The third-order valence-electron chi connectivity index (χ3n) is 14.2. The van der Waals surface area contributed by atoms with Crippen LogP contribution in [-0.4, -0.2) is 79.3 Å². The van der Waals surface area contributed by atoms with Crippen molar-refractivity contribution >= 4 is 5.97 Å². The lowest BCUT2D eigenvalue weighted by molar-refractivity contribution is -0.280. The number of aliphatic hydroxyl groups is 6. The minimum atomic E-state index is -1.38. The molecule has 6 aliphatic rings. The lowest BCUT2D eigenvalue weighted by atomic mass is 9.35. The van der Waals surface area contributed by atoms with Gasteiger partial charge in [-0.25, -0.2) is 0 Å². The number of fused-ring (bicyclic) bond motifs is 4. The van der Waals surface area contributed by atoms with Gasteiger partial charge in [-0.15, -0.1) is 0 Å². The molecule has 0 aromatic heterocycles. The average molecular weight is 535 g/mol. The molecule has 214 valence electrons. The Bertz CT molecular complexity index is 1080. The maximum atomic E-state index is 12.9. The minimum Gasteiger partial charge on any atom is -0.481 e. The summed E-state index contributed by atoms with van der Waals surface area (Å²) in [7, 11) is 0. The molecule has 0 aromatic carbocycles. The molecule has 0 bridgehead atoms. The van der Waals surface area contributed by atoms with Crippen molar-refractivity contribution in [2.45, 2.75) is 97.1 Å². The number of allylic oxidation sites excluding steroid dienone is 2. The number of carboxylic acids is 1. The standard InChI is InChI=1S/C30H46O8/c1-24(14-31)11-18-28-8-6-17-26(3,29(28,13-28)9-10-30(18,23(37)38)19(33)12-24)7-5-16-25(2,15-32)21(35)20(34)22(36)27(16,17)4/h6,8,16-22,31-36H,5,7,9-15H2,1-4H3,(H,37,38)/t16?,17?,18?,19?,20-,21-,22-,24?,25?,26+,27-,28?,29?,30-/m0/s1. The Morgan fingerprint density at radius 2 is 1.58 bits per heavy atom. The van der Waals surface area contributed by atoms with Gasteiger partial charge in [-0.05, 0) is 84.4 Å². The van der Waals surface area contributed by atoms with Gasteiger partial charge < -0.3 is 35.7 Å². The molecule has 6 rings (SSSR count). The van der Waals surface area contributed by atoms with E-state index in [4.69, 9.17) is 0 Å². The fourth-order valence-electron chi connectivity index (χ4n) is 12.0. The number of rotatable bonds is 3. The second kappa shape index (κ2) is 7.62. The highest BCUT2D eigenvalue weighted by atomic mass is 16.4. The molecule has 0 aromatic rings. The van der Waals surface area contributed by atoms with Gasteiger partial charge in [0.2, 0.25) is 0 Å². The SMILES string of the molecule is CC1(CO)CC(O)[C@]2(C(=O)O)CCC34CC3(C=CC3[C@]5(C)C(CC[C@]34C)C(C)(CO)[C@@H](O)[C@H](O)[C@@H]5O)C2C1. The molecular weight excluding hydrogens is 488 g/mol. The Labute approximate surface area is 224 Å². The van der Waals surface area contributed by atoms with Crippen LogP contribution in [0.2, 0.25) is 0 Å². The van der Waals surface area contributed by atoms with Gasteiger partial charge in [-0.2, -0.15) is 0 Å². The highest BCUT2D eigenvalue weighted by Crippen LogP contribution is 2.90. The van der Waals surface area contributed by atoms with E-state index in [1.54, 1.807) is 0 Å². The van der Waals surface area contributed by atoms with Gasteiger partial charge in [0.1, 0.15) is 6.10 Å². The van der Waals surface area contributed by atoms with Crippen LogP contribution in [-0.2, 0) is 4.79 Å². The summed E-state index contributed by atoms with van der Waals surface area (Å²) in [5.74, 6) is -1.61. The molecule has 14 atom stereocenters. The molecule has 38 heavy (non-hydrogen) atoms. The molecule has 0 amide bonds. The summed E-state index contributed by atoms with van der Waals surface area (Å²) in [5.41, 5.74) is -4.47. The van der Waals surface area contributed by atoms with Crippen LogP contribution in [0.15, 0.2) is 12.2 Å². The number of carboxylic acid groups (broad SMARTS) is 1. The molecule has 0 heterocycles. The predicted molar refractivity (Wildman–Crippen MR) is 137 cm³/mol. The fourth-order valence-corrected chi connectivity index (χ4v) is 12.0. The fraction of sp³-hybridized carbons (Fsp3) is 0.900. The van der Waals surface area contributed by atoms with Crippen molar-refractivity contribution in [3.8, 4) is 0 Å². The average Bonchev–Trinajstić information content (AvgIpc) is 3.59. The van der Waals surface area contributed by atoms with Crippen molar-refractivity contribution in [1.29, 1.82) is 0 Å². The largest absolute Gasteiger partial charge is 0.481 e. The Kier molecular flexibility index (Phi) is 5.45. The minimum absolute atomic E-state index is 0.102. The van der Waals surface area contributed by atoms with Crippen LogP contribution in [0.4, 0.5) is 0 Å². The zero-order chi connectivity index (χ0) is 27.9. The van der Waals surface area contributed by atoms with E-state index in [0.29, 0.717) is 25.7 Å². The highest BCUT2D eigenvalue weighted by Gasteiger charge is 2.86. The van der Waals surface area contributed by atoms with E-state index >= 15 is 0 Å². The van der Waals surface area contributed by atoms with E-state index in [1.165, 1.54) is 0 Å². The number of hydrogen-bond acceptors (Lipinski definition) is 7. The van der Waals surface area contributed by atoms with Crippen LogP contribution < -0.4 is 0 Å². The van der Waals surface area contributed by atoms with Gasteiger partial charge >= 0.3 is 5.97 Å². The summed E-state index contributed by atoms with van der Waals surface area (Å²) in [5, 5.41) is 76.1. The number of carbonyl (C=O) groups is 1. The molecule has 6 aliphatic carbocycles. The summed E-state index contributed by atoms with van der Waals surface area (Å²) >= 11 is 0. The maximum absolute atomic E-state index is 12.9. The summed E-state index contributed by atoms with van der Waals surface area (Å²) in [6.45, 7) is 7.63. The molecule has 8 unspecified atom stereocenters. The highest BCUT2D eigenvalue weighted by molar-refractivity contribution is 5.77. The molecule has 0 spiro atoms. The van der Waals surface area contributed by atoms with E-state index in [9.17, 15) is 40.5 Å². The molecule has 0 aliphatic heterocycles.